The number of esters is 1. The van der Waals surface area contributed by atoms with Crippen molar-refractivity contribution in [2.75, 3.05) is 32.4 Å². The van der Waals surface area contributed by atoms with Gasteiger partial charge in [0.2, 0.25) is 0 Å². The smallest absolute Gasteiger partial charge is 0.338 e. The highest BCUT2D eigenvalue weighted by molar-refractivity contribution is 7.89. The van der Waals surface area contributed by atoms with Gasteiger partial charge in [-0.2, -0.15) is 0 Å². The fourth-order valence-electron chi connectivity index (χ4n) is 2.37. The van der Waals surface area contributed by atoms with Crippen LogP contribution < -0.4 is 14.8 Å². The first kappa shape index (κ1) is 21.2. The summed E-state index contributed by atoms with van der Waals surface area (Å²) in [6, 6.07) is 10.8. The van der Waals surface area contributed by atoms with Gasteiger partial charge in [0.1, 0.15) is 0 Å². The zero-order chi connectivity index (χ0) is 20.7. The van der Waals surface area contributed by atoms with Crippen LogP contribution >= 0.6 is 0 Å². The number of benzene rings is 2. The molecule has 0 spiro atoms. The summed E-state index contributed by atoms with van der Waals surface area (Å²) in [5.41, 5.74) is 1.24. The zero-order valence-electron chi connectivity index (χ0n) is 15.7. The first-order chi connectivity index (χ1) is 13.2. The fourth-order valence-corrected chi connectivity index (χ4v) is 3.16. The average Bonchev–Trinajstić information content (AvgIpc) is 2.65. The van der Waals surface area contributed by atoms with Crippen molar-refractivity contribution >= 4 is 27.4 Å². The van der Waals surface area contributed by atoms with E-state index in [1.54, 1.807) is 18.2 Å². The van der Waals surface area contributed by atoms with Crippen molar-refractivity contribution in [2.45, 2.75) is 5.75 Å². The van der Waals surface area contributed by atoms with Gasteiger partial charge in [-0.25, -0.2) is 13.2 Å². The van der Waals surface area contributed by atoms with Gasteiger partial charge in [0.25, 0.3) is 5.91 Å². The maximum Gasteiger partial charge on any atom is 0.338 e. The second kappa shape index (κ2) is 9.23. The van der Waals surface area contributed by atoms with Crippen LogP contribution in [0.15, 0.2) is 42.5 Å². The lowest BCUT2D eigenvalue weighted by Gasteiger charge is -2.11. The van der Waals surface area contributed by atoms with Gasteiger partial charge in [-0.05, 0) is 29.8 Å². The number of hydrogen-bond donors (Lipinski definition) is 1. The summed E-state index contributed by atoms with van der Waals surface area (Å²) >= 11 is 0. The highest BCUT2D eigenvalue weighted by Gasteiger charge is 2.12. The number of anilines is 1. The Morgan fingerprint density at radius 3 is 2.18 bits per heavy atom. The number of ether oxygens (including phenoxy) is 3. The van der Waals surface area contributed by atoms with Crippen LogP contribution in [-0.4, -0.2) is 47.4 Å². The van der Waals surface area contributed by atoms with E-state index in [1.165, 1.54) is 38.5 Å². The standard InChI is InChI=1S/C19H21NO7S/c1-25-16-9-8-15(10-17(16)26-2)20-18(21)11-27-19(22)14-6-4-13(5-7-14)12-28(3,23)24/h4-10H,11-12H2,1-3H3,(H,20,21). The molecule has 28 heavy (non-hydrogen) atoms. The van der Waals surface area contributed by atoms with E-state index in [9.17, 15) is 18.0 Å². The van der Waals surface area contributed by atoms with Crippen LogP contribution in [0.5, 0.6) is 11.5 Å². The van der Waals surface area contributed by atoms with E-state index >= 15 is 0 Å². The third kappa shape index (κ3) is 6.27. The molecular weight excluding hydrogens is 386 g/mol. The maximum absolute atomic E-state index is 12.0. The third-order valence-corrected chi connectivity index (χ3v) is 4.48. The van der Waals surface area contributed by atoms with Gasteiger partial charge in [0.15, 0.2) is 27.9 Å². The van der Waals surface area contributed by atoms with Crippen molar-refractivity contribution in [1.82, 2.24) is 0 Å². The summed E-state index contributed by atoms with van der Waals surface area (Å²) in [5.74, 6) is -0.351. The van der Waals surface area contributed by atoms with Crippen molar-refractivity contribution in [1.29, 1.82) is 0 Å². The van der Waals surface area contributed by atoms with Gasteiger partial charge >= 0.3 is 5.97 Å². The minimum atomic E-state index is -3.16. The second-order valence-corrected chi connectivity index (χ2v) is 8.10. The number of hydrogen-bond acceptors (Lipinski definition) is 7. The predicted octanol–water partition coefficient (Wildman–Crippen LogP) is 2.04. The van der Waals surface area contributed by atoms with Crippen LogP contribution in [0.3, 0.4) is 0 Å². The lowest BCUT2D eigenvalue weighted by Crippen LogP contribution is -2.21. The lowest BCUT2D eigenvalue weighted by atomic mass is 10.1. The Labute approximate surface area is 163 Å². The topological polar surface area (TPSA) is 108 Å². The Morgan fingerprint density at radius 2 is 1.61 bits per heavy atom. The van der Waals surface area contributed by atoms with E-state index in [0.29, 0.717) is 22.7 Å². The molecule has 0 radical (unpaired) electrons. The molecule has 0 aliphatic carbocycles. The maximum atomic E-state index is 12.0. The Bertz CT molecular complexity index is 953. The van der Waals surface area contributed by atoms with Crippen LogP contribution in [0, 0.1) is 0 Å². The van der Waals surface area contributed by atoms with Crippen molar-refractivity contribution in [3.05, 3.63) is 53.6 Å². The average molecular weight is 407 g/mol. The molecule has 0 atom stereocenters. The number of nitrogens with one attached hydrogen (secondary N) is 1. The largest absolute Gasteiger partial charge is 0.493 e. The highest BCUT2D eigenvalue weighted by Crippen LogP contribution is 2.29. The molecule has 2 aromatic carbocycles. The Kier molecular flexibility index (Phi) is 7.00. The molecule has 1 amide bonds. The Balaban J connectivity index is 1.91. The summed E-state index contributed by atoms with van der Waals surface area (Å²) < 4.78 is 37.8. The molecule has 0 bridgehead atoms. The van der Waals surface area contributed by atoms with Crippen molar-refractivity contribution in [3.8, 4) is 11.5 Å². The molecule has 0 heterocycles. The number of rotatable bonds is 8. The molecule has 2 aromatic rings. The molecule has 9 heteroatoms. The normalized spacial score (nSPS) is 10.8. The zero-order valence-corrected chi connectivity index (χ0v) is 16.5. The van der Waals surface area contributed by atoms with Crippen molar-refractivity contribution in [3.63, 3.8) is 0 Å². The van der Waals surface area contributed by atoms with Gasteiger partial charge in [-0.3, -0.25) is 4.79 Å². The molecule has 0 saturated heterocycles. The van der Waals surface area contributed by atoms with Crippen LogP contribution in [0.4, 0.5) is 5.69 Å². The van der Waals surface area contributed by atoms with Gasteiger partial charge in [0, 0.05) is 18.0 Å². The number of amides is 1. The molecule has 150 valence electrons. The predicted molar refractivity (Wildman–Crippen MR) is 103 cm³/mol. The number of methoxy groups -OCH3 is 2. The number of carbonyl (C=O) groups excluding carboxylic acids is 2. The SMILES string of the molecule is COc1ccc(NC(=O)COC(=O)c2ccc(CS(C)(=O)=O)cc2)cc1OC. The van der Waals surface area contributed by atoms with E-state index in [2.05, 4.69) is 5.32 Å². The second-order valence-electron chi connectivity index (χ2n) is 5.96. The van der Waals surface area contributed by atoms with E-state index < -0.39 is 28.3 Å². The molecule has 0 aromatic heterocycles. The van der Waals surface area contributed by atoms with E-state index in [0.717, 1.165) is 6.26 Å². The molecule has 0 aliphatic heterocycles. The third-order valence-electron chi connectivity index (χ3n) is 3.62. The highest BCUT2D eigenvalue weighted by atomic mass is 32.2. The number of carbonyl (C=O) groups is 2. The molecule has 8 nitrogen and oxygen atoms in total. The molecule has 0 fully saturated rings. The van der Waals surface area contributed by atoms with E-state index in [1.807, 2.05) is 0 Å². The van der Waals surface area contributed by atoms with Crippen LogP contribution in [0.1, 0.15) is 15.9 Å². The molecule has 0 unspecified atom stereocenters. The van der Waals surface area contributed by atoms with Crippen LogP contribution in [0.25, 0.3) is 0 Å². The Hall–Kier alpha value is -3.07. The Morgan fingerprint density at radius 1 is 0.964 bits per heavy atom. The fraction of sp³-hybridized carbons (Fsp3) is 0.263. The van der Waals surface area contributed by atoms with Crippen LogP contribution in [0.2, 0.25) is 0 Å². The molecular formula is C19H21NO7S. The summed E-state index contributed by atoms with van der Waals surface area (Å²) in [6.07, 6.45) is 1.13. The quantitative estimate of drug-likeness (QED) is 0.667. The minimum absolute atomic E-state index is 0.115. The first-order valence-corrected chi connectivity index (χ1v) is 10.2. The minimum Gasteiger partial charge on any atom is -0.493 e. The molecule has 2 rings (SSSR count). The first-order valence-electron chi connectivity index (χ1n) is 8.17. The van der Waals surface area contributed by atoms with Crippen molar-refractivity contribution < 1.29 is 32.2 Å². The monoisotopic (exact) mass is 407 g/mol. The molecule has 0 aliphatic rings. The molecule has 1 N–H and O–H groups in total. The van der Waals surface area contributed by atoms with Gasteiger partial charge < -0.3 is 19.5 Å². The van der Waals surface area contributed by atoms with Gasteiger partial charge in [0.05, 0.1) is 25.5 Å². The summed E-state index contributed by atoms with van der Waals surface area (Å²) in [7, 11) is -0.175. The van der Waals surface area contributed by atoms with Gasteiger partial charge in [-0.1, -0.05) is 12.1 Å². The number of sulfone groups is 1. The van der Waals surface area contributed by atoms with E-state index in [-0.39, 0.29) is 11.3 Å². The summed E-state index contributed by atoms with van der Waals surface area (Å²) in [5, 5.41) is 2.59. The van der Waals surface area contributed by atoms with E-state index in [4.69, 9.17) is 14.2 Å². The van der Waals surface area contributed by atoms with Crippen LogP contribution in [-0.2, 0) is 25.1 Å². The summed E-state index contributed by atoms with van der Waals surface area (Å²) in [6.45, 7) is -0.474. The van der Waals surface area contributed by atoms with Gasteiger partial charge in [-0.15, -0.1) is 0 Å². The molecule has 0 saturated carbocycles. The van der Waals surface area contributed by atoms with Crippen molar-refractivity contribution in [2.24, 2.45) is 0 Å². The lowest BCUT2D eigenvalue weighted by molar-refractivity contribution is -0.119. The summed E-state index contributed by atoms with van der Waals surface area (Å²) in [4.78, 5) is 24.0.